The predicted octanol–water partition coefficient (Wildman–Crippen LogP) is -0.175. The summed E-state index contributed by atoms with van der Waals surface area (Å²) in [6, 6.07) is 5.35. The van der Waals surface area contributed by atoms with Gasteiger partial charge in [-0.15, -0.1) is 10.2 Å². The van der Waals surface area contributed by atoms with Crippen molar-refractivity contribution in [2.45, 2.75) is 12.1 Å². The van der Waals surface area contributed by atoms with Crippen LogP contribution in [0.2, 0.25) is 0 Å². The van der Waals surface area contributed by atoms with Crippen LogP contribution in [0.15, 0.2) is 29.6 Å². The van der Waals surface area contributed by atoms with Gasteiger partial charge in [0.05, 0.1) is 12.4 Å². The molecule has 3 N–H and O–H groups in total. The average Bonchev–Trinajstić information content (AvgIpc) is 2.93. The number of esters is 1. The van der Waals surface area contributed by atoms with Crippen LogP contribution in [0.4, 0.5) is 0 Å². The van der Waals surface area contributed by atoms with E-state index in [9.17, 15) is 9.59 Å². The Morgan fingerprint density at radius 3 is 2.91 bits per heavy atom. The number of hydrogen-bond donors (Lipinski definition) is 2. The van der Waals surface area contributed by atoms with Gasteiger partial charge in [0.1, 0.15) is 12.2 Å². The van der Waals surface area contributed by atoms with Gasteiger partial charge in [0.25, 0.3) is 0 Å². The van der Waals surface area contributed by atoms with Gasteiger partial charge in [-0.25, -0.2) is 4.68 Å². The number of pyridine rings is 1. The molecule has 0 fully saturated rings. The van der Waals surface area contributed by atoms with Gasteiger partial charge in [0, 0.05) is 6.20 Å². The van der Waals surface area contributed by atoms with Gasteiger partial charge < -0.3 is 15.9 Å². The maximum atomic E-state index is 11.7. The minimum Gasteiger partial charge on any atom is -0.465 e. The molecule has 2 rings (SSSR count). The first-order valence-electron chi connectivity index (χ1n) is 6.78. The summed E-state index contributed by atoms with van der Waals surface area (Å²) in [4.78, 5) is 26.9. The van der Waals surface area contributed by atoms with Crippen LogP contribution in [0.1, 0.15) is 6.92 Å². The zero-order chi connectivity index (χ0) is 16.7. The fraction of sp³-hybridized carbons (Fsp3) is 0.308. The molecule has 122 valence electrons. The van der Waals surface area contributed by atoms with E-state index in [0.717, 1.165) is 11.8 Å². The van der Waals surface area contributed by atoms with Crippen LogP contribution in [0.3, 0.4) is 0 Å². The van der Waals surface area contributed by atoms with E-state index in [1.54, 1.807) is 25.3 Å². The molecule has 2 aromatic rings. The number of nitrogens with one attached hydrogen (secondary N) is 1. The van der Waals surface area contributed by atoms with Crippen LogP contribution in [0.5, 0.6) is 0 Å². The average molecular weight is 336 g/mol. The lowest BCUT2D eigenvalue weighted by Crippen LogP contribution is -2.32. The minimum atomic E-state index is -0.481. The van der Waals surface area contributed by atoms with Gasteiger partial charge in [-0.2, -0.15) is 0 Å². The molecule has 2 heterocycles. The van der Waals surface area contributed by atoms with Crippen LogP contribution in [0.25, 0.3) is 11.5 Å². The normalized spacial score (nSPS) is 10.3. The summed E-state index contributed by atoms with van der Waals surface area (Å²) < 4.78 is 5.98. The summed E-state index contributed by atoms with van der Waals surface area (Å²) in [6.07, 6.45) is 1.62. The van der Waals surface area contributed by atoms with E-state index in [1.165, 1.54) is 4.68 Å². The van der Waals surface area contributed by atoms with Gasteiger partial charge in [-0.05, 0) is 19.1 Å². The topological polar surface area (TPSA) is 125 Å². The maximum Gasteiger partial charge on any atom is 0.325 e. The van der Waals surface area contributed by atoms with E-state index < -0.39 is 5.97 Å². The monoisotopic (exact) mass is 336 g/mol. The highest BCUT2D eigenvalue weighted by atomic mass is 32.2. The van der Waals surface area contributed by atoms with E-state index in [1.807, 2.05) is 6.07 Å². The number of nitrogen functional groups attached to an aromatic ring is 1. The zero-order valence-electron chi connectivity index (χ0n) is 12.4. The number of amides is 1. The molecular formula is C13H16N6O3S. The number of carbonyl (C=O) groups is 2. The van der Waals surface area contributed by atoms with Crippen molar-refractivity contribution in [1.82, 2.24) is 25.2 Å². The van der Waals surface area contributed by atoms with Crippen molar-refractivity contribution in [2.24, 2.45) is 0 Å². The molecule has 1 amide bonds. The van der Waals surface area contributed by atoms with Crippen molar-refractivity contribution in [3.05, 3.63) is 24.4 Å². The maximum absolute atomic E-state index is 11.7. The molecule has 10 heteroatoms. The SMILES string of the molecule is CCOC(=O)CNC(=O)CSc1nnc(-c2ccccn2)n1N. The molecule has 2 aromatic heterocycles. The fourth-order valence-corrected chi connectivity index (χ4v) is 2.30. The van der Waals surface area contributed by atoms with Crippen LogP contribution in [0, 0.1) is 0 Å². The highest BCUT2D eigenvalue weighted by molar-refractivity contribution is 7.99. The van der Waals surface area contributed by atoms with Crippen molar-refractivity contribution < 1.29 is 14.3 Å². The Morgan fingerprint density at radius 2 is 2.22 bits per heavy atom. The smallest absolute Gasteiger partial charge is 0.325 e. The van der Waals surface area contributed by atoms with Crippen molar-refractivity contribution in [2.75, 3.05) is 24.7 Å². The van der Waals surface area contributed by atoms with Gasteiger partial charge in [-0.3, -0.25) is 14.6 Å². The third-order valence-electron chi connectivity index (χ3n) is 2.63. The molecule has 9 nitrogen and oxygen atoms in total. The summed E-state index contributed by atoms with van der Waals surface area (Å²) >= 11 is 1.11. The van der Waals surface area contributed by atoms with Crippen LogP contribution in [-0.2, 0) is 14.3 Å². The summed E-state index contributed by atoms with van der Waals surface area (Å²) in [5.74, 6) is 5.55. The van der Waals surface area contributed by atoms with Gasteiger partial charge in [0.2, 0.25) is 16.9 Å². The highest BCUT2D eigenvalue weighted by Crippen LogP contribution is 2.19. The molecule has 0 atom stereocenters. The van der Waals surface area contributed by atoms with E-state index in [0.29, 0.717) is 16.7 Å². The lowest BCUT2D eigenvalue weighted by molar-refractivity contribution is -0.143. The van der Waals surface area contributed by atoms with Gasteiger partial charge >= 0.3 is 5.97 Å². The Balaban J connectivity index is 1.88. The Bertz CT molecular complexity index is 676. The Kier molecular flexibility index (Phi) is 5.92. The van der Waals surface area contributed by atoms with Crippen LogP contribution < -0.4 is 11.2 Å². The number of nitrogens with two attached hydrogens (primary N) is 1. The van der Waals surface area contributed by atoms with E-state index in [4.69, 9.17) is 10.6 Å². The highest BCUT2D eigenvalue weighted by Gasteiger charge is 2.14. The number of aromatic nitrogens is 4. The number of hydrogen-bond acceptors (Lipinski definition) is 8. The molecule has 0 aliphatic carbocycles. The van der Waals surface area contributed by atoms with Crippen molar-refractivity contribution in [3.63, 3.8) is 0 Å². The number of nitrogens with zero attached hydrogens (tertiary/aromatic N) is 4. The first-order chi connectivity index (χ1) is 11.1. The van der Waals surface area contributed by atoms with Crippen LogP contribution >= 0.6 is 11.8 Å². The molecule has 0 aromatic carbocycles. The Labute approximate surface area is 136 Å². The van der Waals surface area contributed by atoms with Crippen molar-refractivity contribution >= 4 is 23.6 Å². The first kappa shape index (κ1) is 16.7. The van der Waals surface area contributed by atoms with Gasteiger partial charge in [-0.1, -0.05) is 17.8 Å². The number of thioether (sulfide) groups is 1. The lowest BCUT2D eigenvalue weighted by Gasteiger charge is -2.05. The summed E-state index contributed by atoms with van der Waals surface area (Å²) in [5.41, 5.74) is 0.584. The van der Waals surface area contributed by atoms with E-state index in [-0.39, 0.29) is 24.8 Å². The largest absolute Gasteiger partial charge is 0.465 e. The van der Waals surface area contributed by atoms with Crippen LogP contribution in [-0.4, -0.2) is 50.6 Å². The fourth-order valence-electron chi connectivity index (χ4n) is 1.61. The number of rotatable bonds is 7. The lowest BCUT2D eigenvalue weighted by atomic mass is 10.3. The standard InChI is InChI=1S/C13H16N6O3S/c1-2-22-11(21)7-16-10(20)8-23-13-18-17-12(19(13)14)9-5-3-4-6-15-9/h3-6H,2,7-8,14H2,1H3,(H,16,20). The molecule has 0 unspecified atom stereocenters. The van der Waals surface area contributed by atoms with E-state index >= 15 is 0 Å². The second-order valence-electron chi connectivity index (χ2n) is 4.26. The molecular weight excluding hydrogens is 320 g/mol. The zero-order valence-corrected chi connectivity index (χ0v) is 13.2. The molecule has 0 spiro atoms. The molecule has 0 radical (unpaired) electrons. The molecule has 0 saturated carbocycles. The number of ether oxygens (including phenoxy) is 1. The molecule has 23 heavy (non-hydrogen) atoms. The third kappa shape index (κ3) is 4.68. The first-order valence-corrected chi connectivity index (χ1v) is 7.77. The molecule has 0 aliphatic rings. The Hall–Kier alpha value is -2.62. The van der Waals surface area contributed by atoms with Crippen molar-refractivity contribution in [1.29, 1.82) is 0 Å². The van der Waals surface area contributed by atoms with E-state index in [2.05, 4.69) is 20.5 Å². The van der Waals surface area contributed by atoms with Gasteiger partial charge in [0.15, 0.2) is 0 Å². The minimum absolute atomic E-state index is 0.0525. The third-order valence-corrected chi connectivity index (χ3v) is 3.57. The molecule has 0 aliphatic heterocycles. The molecule has 0 bridgehead atoms. The summed E-state index contributed by atoms with van der Waals surface area (Å²) in [7, 11) is 0. The second kappa shape index (κ2) is 8.13. The van der Waals surface area contributed by atoms with Crippen molar-refractivity contribution in [3.8, 4) is 11.5 Å². The Morgan fingerprint density at radius 1 is 1.39 bits per heavy atom. The number of carbonyl (C=O) groups excluding carboxylic acids is 2. The molecule has 0 saturated heterocycles. The summed E-state index contributed by atoms with van der Waals surface area (Å²) in [5, 5.41) is 10.7. The quantitative estimate of drug-likeness (QED) is 0.405. The predicted molar refractivity (Wildman–Crippen MR) is 83.8 cm³/mol. The summed E-state index contributed by atoms with van der Waals surface area (Å²) in [6.45, 7) is 1.81. The second-order valence-corrected chi connectivity index (χ2v) is 5.20.